The van der Waals surface area contributed by atoms with Crippen LogP contribution in [0.15, 0.2) is 34.7 Å². The molecule has 0 atom stereocenters. The van der Waals surface area contributed by atoms with Gasteiger partial charge in [-0.25, -0.2) is 10.4 Å². The van der Waals surface area contributed by atoms with E-state index >= 15 is 0 Å². The number of carbonyl (C=O) groups excluding carboxylic acids is 1. The molecule has 0 saturated carbocycles. The number of fused-ring (bicyclic) bond motifs is 1. The largest absolute Gasteiger partial charge is 0.286 e. The van der Waals surface area contributed by atoms with Crippen molar-refractivity contribution in [3.05, 3.63) is 57.3 Å². The number of thiazole rings is 1. The van der Waals surface area contributed by atoms with Gasteiger partial charge in [-0.05, 0) is 26.0 Å². The standard InChI is InChI=1S/C15H13ClN4OS/c1-9-8-22-15-18-10(2)13(20(9)15)7-17-19-14(21)11-5-3-4-6-12(11)16/h3-8H,1-2H3,(H,19,21)/b17-7-. The topological polar surface area (TPSA) is 58.8 Å². The van der Waals surface area contributed by atoms with Crippen LogP contribution in [0, 0.1) is 13.8 Å². The monoisotopic (exact) mass is 332 g/mol. The summed E-state index contributed by atoms with van der Waals surface area (Å²) in [6, 6.07) is 6.84. The van der Waals surface area contributed by atoms with Gasteiger partial charge in [0.1, 0.15) is 0 Å². The Morgan fingerprint density at radius 2 is 2.18 bits per heavy atom. The molecule has 112 valence electrons. The molecular formula is C15H13ClN4OS. The summed E-state index contributed by atoms with van der Waals surface area (Å²) < 4.78 is 2.01. The van der Waals surface area contributed by atoms with Crippen molar-refractivity contribution in [1.29, 1.82) is 0 Å². The highest BCUT2D eigenvalue weighted by Crippen LogP contribution is 2.19. The maximum absolute atomic E-state index is 12.0. The molecule has 0 unspecified atom stereocenters. The first kappa shape index (κ1) is 14.7. The van der Waals surface area contributed by atoms with E-state index in [-0.39, 0.29) is 5.91 Å². The smallest absolute Gasteiger partial charge is 0.272 e. The first-order valence-electron chi connectivity index (χ1n) is 6.59. The molecule has 3 rings (SSSR count). The molecule has 0 aliphatic carbocycles. The molecule has 0 aliphatic heterocycles. The number of nitrogens with one attached hydrogen (secondary N) is 1. The number of halogens is 1. The van der Waals surface area contributed by atoms with Gasteiger partial charge in [0.15, 0.2) is 4.96 Å². The van der Waals surface area contributed by atoms with Crippen molar-refractivity contribution in [2.24, 2.45) is 5.10 Å². The zero-order valence-electron chi connectivity index (χ0n) is 12.0. The van der Waals surface area contributed by atoms with E-state index in [1.807, 2.05) is 23.6 Å². The van der Waals surface area contributed by atoms with Crippen LogP contribution in [0.25, 0.3) is 4.96 Å². The van der Waals surface area contributed by atoms with E-state index < -0.39 is 0 Å². The lowest BCUT2D eigenvalue weighted by atomic mass is 10.2. The third-order valence-corrected chi connectivity index (χ3v) is 4.50. The number of benzene rings is 1. The fourth-order valence-electron chi connectivity index (χ4n) is 2.13. The fraction of sp³-hybridized carbons (Fsp3) is 0.133. The van der Waals surface area contributed by atoms with Gasteiger partial charge in [-0.3, -0.25) is 9.20 Å². The van der Waals surface area contributed by atoms with E-state index in [2.05, 4.69) is 15.5 Å². The van der Waals surface area contributed by atoms with Crippen molar-refractivity contribution in [2.45, 2.75) is 13.8 Å². The molecule has 1 aromatic carbocycles. The van der Waals surface area contributed by atoms with E-state index in [0.29, 0.717) is 10.6 Å². The number of nitrogens with zero attached hydrogens (tertiary/aromatic N) is 3. The summed E-state index contributed by atoms with van der Waals surface area (Å²) in [7, 11) is 0. The summed E-state index contributed by atoms with van der Waals surface area (Å²) >= 11 is 7.55. The summed E-state index contributed by atoms with van der Waals surface area (Å²) in [5, 5.41) is 6.45. The van der Waals surface area contributed by atoms with Crippen molar-refractivity contribution < 1.29 is 4.79 Å². The Hall–Kier alpha value is -2.18. The molecule has 0 radical (unpaired) electrons. The number of aromatic nitrogens is 2. The van der Waals surface area contributed by atoms with Crippen molar-refractivity contribution in [1.82, 2.24) is 14.8 Å². The molecule has 0 spiro atoms. The Morgan fingerprint density at radius 1 is 1.41 bits per heavy atom. The maximum atomic E-state index is 12.0. The van der Waals surface area contributed by atoms with E-state index in [9.17, 15) is 4.79 Å². The van der Waals surface area contributed by atoms with Crippen molar-refractivity contribution >= 4 is 40.0 Å². The van der Waals surface area contributed by atoms with Gasteiger partial charge in [0.05, 0.1) is 28.2 Å². The van der Waals surface area contributed by atoms with Crippen molar-refractivity contribution in [3.63, 3.8) is 0 Å². The van der Waals surface area contributed by atoms with Crippen LogP contribution in [0.2, 0.25) is 5.02 Å². The highest BCUT2D eigenvalue weighted by Gasteiger charge is 2.11. The number of hydrazone groups is 1. The van der Waals surface area contributed by atoms with Crippen LogP contribution in [0.3, 0.4) is 0 Å². The molecule has 1 N–H and O–H groups in total. The number of aryl methyl sites for hydroxylation is 2. The average Bonchev–Trinajstić information content (AvgIpc) is 3.00. The Morgan fingerprint density at radius 3 is 2.95 bits per heavy atom. The number of imidazole rings is 1. The second-order valence-corrected chi connectivity index (χ2v) is 6.00. The van der Waals surface area contributed by atoms with E-state index in [0.717, 1.165) is 22.0 Å². The van der Waals surface area contributed by atoms with Gasteiger partial charge in [0, 0.05) is 11.1 Å². The molecule has 0 saturated heterocycles. The first-order valence-corrected chi connectivity index (χ1v) is 7.85. The normalized spacial score (nSPS) is 11.4. The van der Waals surface area contributed by atoms with Crippen LogP contribution in [0.5, 0.6) is 0 Å². The van der Waals surface area contributed by atoms with Gasteiger partial charge in [-0.1, -0.05) is 23.7 Å². The molecule has 2 heterocycles. The van der Waals surface area contributed by atoms with Gasteiger partial charge in [-0.15, -0.1) is 11.3 Å². The zero-order chi connectivity index (χ0) is 15.7. The number of hydrogen-bond donors (Lipinski definition) is 1. The minimum atomic E-state index is -0.345. The fourth-order valence-corrected chi connectivity index (χ4v) is 3.28. The quantitative estimate of drug-likeness (QED) is 0.590. The van der Waals surface area contributed by atoms with Crippen molar-refractivity contribution in [3.8, 4) is 0 Å². The van der Waals surface area contributed by atoms with Crippen LogP contribution in [0.1, 0.15) is 27.4 Å². The highest BCUT2D eigenvalue weighted by atomic mass is 35.5. The van der Waals surface area contributed by atoms with Gasteiger partial charge in [0.2, 0.25) is 0 Å². The van der Waals surface area contributed by atoms with Crippen LogP contribution in [-0.4, -0.2) is 21.5 Å². The Labute approximate surface area is 136 Å². The average molecular weight is 333 g/mol. The second-order valence-electron chi connectivity index (χ2n) is 4.76. The molecule has 1 amide bonds. The minimum Gasteiger partial charge on any atom is -0.286 e. The number of amides is 1. The van der Waals surface area contributed by atoms with Crippen LogP contribution < -0.4 is 5.43 Å². The number of rotatable bonds is 3. The van der Waals surface area contributed by atoms with Gasteiger partial charge >= 0.3 is 0 Å². The zero-order valence-corrected chi connectivity index (χ0v) is 13.6. The minimum absolute atomic E-state index is 0.345. The molecule has 3 aromatic rings. The third-order valence-electron chi connectivity index (χ3n) is 3.23. The van der Waals surface area contributed by atoms with E-state index in [4.69, 9.17) is 11.6 Å². The molecule has 7 heteroatoms. The Bertz CT molecular complexity index is 881. The third kappa shape index (κ3) is 2.63. The van der Waals surface area contributed by atoms with E-state index in [1.54, 1.807) is 41.8 Å². The van der Waals surface area contributed by atoms with Gasteiger partial charge < -0.3 is 0 Å². The molecular weight excluding hydrogens is 320 g/mol. The predicted octanol–water partition coefficient (Wildman–Crippen LogP) is 3.43. The molecule has 2 aromatic heterocycles. The van der Waals surface area contributed by atoms with E-state index in [1.165, 1.54) is 0 Å². The summed E-state index contributed by atoms with van der Waals surface area (Å²) in [6.07, 6.45) is 1.60. The lowest BCUT2D eigenvalue weighted by molar-refractivity contribution is 0.0955. The van der Waals surface area contributed by atoms with Crippen LogP contribution in [0.4, 0.5) is 0 Å². The lowest BCUT2D eigenvalue weighted by Gasteiger charge is -2.02. The van der Waals surface area contributed by atoms with Crippen LogP contribution >= 0.6 is 22.9 Å². The number of hydrogen-bond acceptors (Lipinski definition) is 4. The Kier molecular flexibility index (Phi) is 3.96. The predicted molar refractivity (Wildman–Crippen MR) is 89.1 cm³/mol. The van der Waals surface area contributed by atoms with Crippen molar-refractivity contribution in [2.75, 3.05) is 0 Å². The SMILES string of the molecule is Cc1nc2scc(C)n2c1/C=N\NC(=O)c1ccccc1Cl. The first-order chi connectivity index (χ1) is 10.6. The summed E-state index contributed by atoms with van der Waals surface area (Å²) in [6.45, 7) is 3.92. The second kappa shape index (κ2) is 5.90. The number of carbonyl (C=O) groups is 1. The molecule has 0 fully saturated rings. The van der Waals surface area contributed by atoms with Gasteiger partial charge in [0.25, 0.3) is 5.91 Å². The van der Waals surface area contributed by atoms with Gasteiger partial charge in [-0.2, -0.15) is 5.10 Å². The molecule has 0 bridgehead atoms. The lowest BCUT2D eigenvalue weighted by Crippen LogP contribution is -2.18. The summed E-state index contributed by atoms with van der Waals surface area (Å²) in [5.74, 6) is -0.345. The molecule has 5 nitrogen and oxygen atoms in total. The summed E-state index contributed by atoms with van der Waals surface area (Å²) in [4.78, 5) is 17.4. The Balaban J connectivity index is 1.82. The highest BCUT2D eigenvalue weighted by molar-refractivity contribution is 7.15. The van der Waals surface area contributed by atoms with Crippen LogP contribution in [-0.2, 0) is 0 Å². The molecule has 22 heavy (non-hydrogen) atoms. The maximum Gasteiger partial charge on any atom is 0.272 e. The summed E-state index contributed by atoms with van der Waals surface area (Å²) in [5.41, 5.74) is 5.69. The molecule has 0 aliphatic rings.